The van der Waals surface area contributed by atoms with Crippen LogP contribution in [0.2, 0.25) is 0 Å². The number of aryl methyl sites for hydroxylation is 2. The molecule has 0 aliphatic rings. The molecule has 5 nitrogen and oxygen atoms in total. The number of ketones is 1. The lowest BCUT2D eigenvalue weighted by Gasteiger charge is -2.07. The molecule has 0 atom stereocenters. The van der Waals surface area contributed by atoms with Crippen LogP contribution in [0.25, 0.3) is 11.0 Å². The molecule has 24 heavy (non-hydrogen) atoms. The smallest absolute Gasteiger partial charge is 0.239 e. The Labute approximate surface area is 140 Å². The first-order valence-electron chi connectivity index (χ1n) is 7.87. The number of imidazole rings is 1. The van der Waals surface area contributed by atoms with Crippen LogP contribution in [0.5, 0.6) is 0 Å². The second-order valence-electron chi connectivity index (χ2n) is 5.86. The summed E-state index contributed by atoms with van der Waals surface area (Å²) in [5, 5.41) is 0. The van der Waals surface area contributed by atoms with Crippen molar-refractivity contribution in [2.75, 3.05) is 5.43 Å². The van der Waals surface area contributed by atoms with Crippen LogP contribution in [0.1, 0.15) is 34.3 Å². The van der Waals surface area contributed by atoms with Gasteiger partial charge in [0.05, 0.1) is 11.0 Å². The Balaban J connectivity index is 1.61. The van der Waals surface area contributed by atoms with Crippen LogP contribution in [-0.2, 0) is 4.79 Å². The van der Waals surface area contributed by atoms with Crippen LogP contribution >= 0.6 is 0 Å². The Morgan fingerprint density at radius 1 is 1.04 bits per heavy atom. The zero-order valence-corrected chi connectivity index (χ0v) is 13.7. The molecule has 2 aromatic carbocycles. The molecule has 1 aromatic heterocycles. The van der Waals surface area contributed by atoms with Crippen molar-refractivity contribution in [1.82, 2.24) is 9.66 Å². The lowest BCUT2D eigenvalue weighted by Crippen LogP contribution is -2.22. The number of nitrogens with zero attached hydrogens (tertiary/aromatic N) is 2. The normalized spacial score (nSPS) is 10.8. The van der Waals surface area contributed by atoms with Crippen LogP contribution in [-0.4, -0.2) is 21.4 Å². The van der Waals surface area contributed by atoms with Gasteiger partial charge in [-0.15, -0.1) is 0 Å². The van der Waals surface area contributed by atoms with Gasteiger partial charge < -0.3 is 0 Å². The average Bonchev–Trinajstić information content (AvgIpc) is 2.98. The molecule has 3 aromatic rings. The van der Waals surface area contributed by atoms with Crippen molar-refractivity contribution in [3.63, 3.8) is 0 Å². The third-order valence-corrected chi connectivity index (χ3v) is 4.11. The van der Waals surface area contributed by atoms with Crippen molar-refractivity contribution in [1.29, 1.82) is 0 Å². The summed E-state index contributed by atoms with van der Waals surface area (Å²) in [6.45, 7) is 3.98. The second kappa shape index (κ2) is 6.66. The molecular weight excluding hydrogens is 302 g/mol. The minimum absolute atomic E-state index is 0.0243. The lowest BCUT2D eigenvalue weighted by atomic mass is 10.0. The first-order valence-corrected chi connectivity index (χ1v) is 7.87. The van der Waals surface area contributed by atoms with E-state index < -0.39 is 0 Å². The largest absolute Gasteiger partial charge is 0.294 e. The van der Waals surface area contributed by atoms with Gasteiger partial charge in [-0.1, -0.05) is 24.3 Å². The number of hydrogen-bond acceptors (Lipinski definition) is 3. The minimum atomic E-state index is -0.213. The zero-order valence-electron chi connectivity index (χ0n) is 13.7. The maximum Gasteiger partial charge on any atom is 0.239 e. The quantitative estimate of drug-likeness (QED) is 0.733. The van der Waals surface area contributed by atoms with Crippen molar-refractivity contribution in [2.24, 2.45) is 0 Å². The minimum Gasteiger partial charge on any atom is -0.294 e. The lowest BCUT2D eigenvalue weighted by molar-refractivity contribution is -0.117. The van der Waals surface area contributed by atoms with Gasteiger partial charge in [-0.05, 0) is 43.2 Å². The third kappa shape index (κ3) is 3.35. The summed E-state index contributed by atoms with van der Waals surface area (Å²) in [7, 11) is 0. The zero-order chi connectivity index (χ0) is 17.1. The molecule has 3 rings (SSSR count). The van der Waals surface area contributed by atoms with Crippen molar-refractivity contribution < 1.29 is 9.59 Å². The molecule has 122 valence electrons. The highest BCUT2D eigenvalue weighted by Crippen LogP contribution is 2.13. The van der Waals surface area contributed by atoms with Crippen molar-refractivity contribution in [3.8, 4) is 0 Å². The van der Waals surface area contributed by atoms with E-state index in [0.717, 1.165) is 22.2 Å². The summed E-state index contributed by atoms with van der Waals surface area (Å²) in [6.07, 6.45) is 1.88. The van der Waals surface area contributed by atoms with Crippen molar-refractivity contribution in [2.45, 2.75) is 26.7 Å². The number of Topliss-reactive ketones (excluding diaryl/α,β-unsaturated/α-hetero) is 1. The molecular formula is C19H19N3O2. The van der Waals surface area contributed by atoms with Gasteiger partial charge in [0.2, 0.25) is 5.91 Å². The van der Waals surface area contributed by atoms with Crippen LogP contribution in [0.3, 0.4) is 0 Å². The maximum absolute atomic E-state index is 12.2. The Morgan fingerprint density at radius 2 is 1.83 bits per heavy atom. The Bertz CT molecular complexity index is 912. The number of para-hydroxylation sites is 2. The average molecular weight is 321 g/mol. The van der Waals surface area contributed by atoms with Gasteiger partial charge in [0.15, 0.2) is 5.78 Å². The molecule has 1 amide bonds. The Hall–Kier alpha value is -2.95. The standard InChI is InChI=1S/C19H19N3O2/c1-13-7-8-15(11-14(13)2)18(23)9-10-19(24)21-22-12-20-16-5-3-4-6-17(16)22/h3-8,11-12H,9-10H2,1-2H3,(H,21,24). The number of aromatic nitrogens is 2. The number of benzene rings is 2. The van der Waals surface area contributed by atoms with Gasteiger partial charge >= 0.3 is 0 Å². The molecule has 0 fully saturated rings. The van der Waals surface area contributed by atoms with E-state index in [1.54, 1.807) is 11.0 Å². The van der Waals surface area contributed by atoms with E-state index in [9.17, 15) is 9.59 Å². The fourth-order valence-electron chi connectivity index (χ4n) is 2.52. The second-order valence-corrected chi connectivity index (χ2v) is 5.86. The Kier molecular flexibility index (Phi) is 4.42. The number of carbonyl (C=O) groups excluding carboxylic acids is 2. The number of hydrogen-bond donors (Lipinski definition) is 1. The van der Waals surface area contributed by atoms with Gasteiger partial charge in [0, 0.05) is 18.4 Å². The first-order chi connectivity index (χ1) is 11.5. The number of amides is 1. The summed E-state index contributed by atoms with van der Waals surface area (Å²) < 4.78 is 1.58. The summed E-state index contributed by atoms with van der Waals surface area (Å²) >= 11 is 0. The van der Waals surface area contributed by atoms with Gasteiger partial charge in [0.25, 0.3) is 0 Å². The fourth-order valence-corrected chi connectivity index (χ4v) is 2.52. The molecule has 5 heteroatoms. The number of carbonyl (C=O) groups is 2. The van der Waals surface area contributed by atoms with Crippen LogP contribution in [0, 0.1) is 13.8 Å². The van der Waals surface area contributed by atoms with E-state index >= 15 is 0 Å². The van der Waals surface area contributed by atoms with E-state index in [2.05, 4.69) is 10.4 Å². The van der Waals surface area contributed by atoms with Crippen molar-refractivity contribution in [3.05, 3.63) is 65.5 Å². The highest BCUT2D eigenvalue weighted by atomic mass is 16.2. The number of rotatable bonds is 5. The molecule has 0 spiro atoms. The van der Waals surface area contributed by atoms with Gasteiger partial charge in [-0.3, -0.25) is 15.0 Å². The van der Waals surface area contributed by atoms with E-state index in [1.165, 1.54) is 0 Å². The molecule has 0 aliphatic heterocycles. The molecule has 0 saturated carbocycles. The topological polar surface area (TPSA) is 64.0 Å². The van der Waals surface area contributed by atoms with E-state index in [4.69, 9.17) is 0 Å². The third-order valence-electron chi connectivity index (χ3n) is 4.11. The van der Waals surface area contributed by atoms with E-state index in [0.29, 0.717) is 5.56 Å². The monoisotopic (exact) mass is 321 g/mol. The maximum atomic E-state index is 12.2. The number of nitrogens with one attached hydrogen (secondary N) is 1. The summed E-state index contributed by atoms with van der Waals surface area (Å²) in [6, 6.07) is 13.1. The van der Waals surface area contributed by atoms with Gasteiger partial charge in [-0.2, -0.15) is 0 Å². The molecule has 1 heterocycles. The SMILES string of the molecule is Cc1ccc(C(=O)CCC(=O)Nn2cnc3ccccc32)cc1C. The summed E-state index contributed by atoms with van der Waals surface area (Å²) in [4.78, 5) is 28.5. The predicted molar refractivity (Wildman–Crippen MR) is 93.6 cm³/mol. The molecule has 0 saturated heterocycles. The number of fused-ring (bicyclic) bond motifs is 1. The molecule has 0 unspecified atom stereocenters. The predicted octanol–water partition coefficient (Wildman–Crippen LogP) is 3.39. The van der Waals surface area contributed by atoms with Crippen LogP contribution < -0.4 is 5.43 Å². The van der Waals surface area contributed by atoms with Crippen molar-refractivity contribution >= 4 is 22.7 Å². The van der Waals surface area contributed by atoms with Gasteiger partial charge in [0.1, 0.15) is 6.33 Å². The molecule has 0 bridgehead atoms. The Morgan fingerprint density at radius 3 is 2.62 bits per heavy atom. The van der Waals surface area contributed by atoms with E-state index in [-0.39, 0.29) is 24.5 Å². The molecule has 1 N–H and O–H groups in total. The molecule has 0 radical (unpaired) electrons. The summed E-state index contributed by atoms with van der Waals surface area (Å²) in [5.74, 6) is -0.237. The van der Waals surface area contributed by atoms with Gasteiger partial charge in [-0.25, -0.2) is 9.66 Å². The highest BCUT2D eigenvalue weighted by Gasteiger charge is 2.11. The van der Waals surface area contributed by atoms with Crippen LogP contribution in [0.15, 0.2) is 48.8 Å². The highest BCUT2D eigenvalue weighted by molar-refractivity contribution is 5.99. The summed E-state index contributed by atoms with van der Waals surface area (Å²) in [5.41, 5.74) is 7.27. The van der Waals surface area contributed by atoms with Crippen LogP contribution in [0.4, 0.5) is 0 Å². The fraction of sp³-hybridized carbons (Fsp3) is 0.211. The molecule has 0 aliphatic carbocycles. The van der Waals surface area contributed by atoms with E-state index in [1.807, 2.05) is 56.3 Å². The first kappa shape index (κ1) is 15.9.